The molecule has 0 aliphatic carbocycles. The first-order valence-electron chi connectivity index (χ1n) is 13.5. The van der Waals surface area contributed by atoms with E-state index < -0.39 is 28.6 Å². The number of fused-ring (bicyclic) bond motifs is 2. The van der Waals surface area contributed by atoms with Crippen molar-refractivity contribution in [3.63, 3.8) is 0 Å². The van der Waals surface area contributed by atoms with Crippen molar-refractivity contribution in [3.05, 3.63) is 124 Å². The standard InChI is InChI=1S/C32H24N6O7/c1-15-22(28(39)33-26-24(15)17(3)37(35-26)20-11-7-18(8-12-20)31(42)43)5-4-6-23-16(2)25-27(34-29(23)40)36-38(30(25)41)21-13-9-19(10-14-21)32(44)45/h4-14H,3H2,1-2H3,(H,42,43)(H,44,45)(H,33,35,39)(H2,34,36,40). The third kappa shape index (κ3) is 4.77. The Bertz CT molecular complexity index is 2530. The van der Waals surface area contributed by atoms with Crippen LogP contribution in [0.3, 0.4) is 0 Å². The smallest absolute Gasteiger partial charge is 0.335 e. The van der Waals surface area contributed by atoms with Crippen LogP contribution < -0.4 is 27.2 Å². The van der Waals surface area contributed by atoms with E-state index in [4.69, 9.17) is 5.11 Å². The molecule has 4 heterocycles. The zero-order valence-electron chi connectivity index (χ0n) is 23.8. The largest absolute Gasteiger partial charge is 0.478 e. The molecule has 5 N–H and O–H groups in total. The highest BCUT2D eigenvalue weighted by Gasteiger charge is 2.16. The zero-order chi connectivity index (χ0) is 32.2. The number of aryl methyl sites for hydroxylation is 2. The summed E-state index contributed by atoms with van der Waals surface area (Å²) in [6.07, 6.45) is 4.60. The second kappa shape index (κ2) is 10.6. The van der Waals surface area contributed by atoms with Crippen molar-refractivity contribution in [3.8, 4) is 11.4 Å². The van der Waals surface area contributed by atoms with Gasteiger partial charge in [0.05, 0.1) is 33.2 Å². The van der Waals surface area contributed by atoms with E-state index in [1.807, 2.05) is 0 Å². The number of rotatable bonds is 6. The molecule has 224 valence electrons. The molecule has 0 saturated carbocycles. The van der Waals surface area contributed by atoms with E-state index in [1.165, 1.54) is 51.8 Å². The molecule has 0 amide bonds. The van der Waals surface area contributed by atoms with Crippen molar-refractivity contribution >= 4 is 52.7 Å². The highest BCUT2D eigenvalue weighted by molar-refractivity contribution is 5.88. The van der Waals surface area contributed by atoms with Crippen molar-refractivity contribution in [1.29, 1.82) is 0 Å². The Kier molecular flexibility index (Phi) is 6.77. The van der Waals surface area contributed by atoms with Gasteiger partial charge in [-0.3, -0.25) is 19.5 Å². The highest BCUT2D eigenvalue weighted by atomic mass is 16.4. The van der Waals surface area contributed by atoms with Crippen LogP contribution in [0.5, 0.6) is 0 Å². The molecular weight excluding hydrogens is 580 g/mol. The molecule has 13 heteroatoms. The first-order valence-corrected chi connectivity index (χ1v) is 13.5. The molecule has 2 aromatic carbocycles. The van der Waals surface area contributed by atoms with Gasteiger partial charge in [0.1, 0.15) is 5.65 Å². The minimum Gasteiger partial charge on any atom is -0.478 e. The van der Waals surface area contributed by atoms with E-state index in [0.29, 0.717) is 44.1 Å². The van der Waals surface area contributed by atoms with Crippen LogP contribution in [0.15, 0.2) is 69.0 Å². The number of aromatic nitrogens is 6. The number of pyridine rings is 2. The number of carboxylic acid groups (broad SMARTS) is 2. The van der Waals surface area contributed by atoms with Gasteiger partial charge in [0.15, 0.2) is 5.65 Å². The molecule has 0 unspecified atom stereocenters. The fourth-order valence-electron chi connectivity index (χ4n) is 5.31. The zero-order valence-corrected chi connectivity index (χ0v) is 23.8. The number of nitrogens with zero attached hydrogens (tertiary/aromatic N) is 3. The van der Waals surface area contributed by atoms with E-state index in [9.17, 15) is 29.1 Å². The Labute approximate surface area is 251 Å². The van der Waals surface area contributed by atoms with Crippen molar-refractivity contribution in [2.45, 2.75) is 13.8 Å². The number of carboxylic acids is 2. The molecule has 45 heavy (non-hydrogen) atoms. The Balaban J connectivity index is 1.40. The molecule has 6 rings (SSSR count). The number of aromatic carboxylic acids is 2. The molecule has 0 spiro atoms. The topological polar surface area (TPSA) is 196 Å². The average Bonchev–Trinajstić information content (AvgIpc) is 3.52. The Hall–Kier alpha value is -6.50. The second-order valence-electron chi connectivity index (χ2n) is 10.3. The maximum absolute atomic E-state index is 13.3. The van der Waals surface area contributed by atoms with E-state index in [0.717, 1.165) is 0 Å². The maximum atomic E-state index is 13.3. The summed E-state index contributed by atoms with van der Waals surface area (Å²) in [7, 11) is 0. The SMILES string of the molecule is C=c1c2c(C)c(=CC=Cc3c(C)c4c(=O)n(-c5ccc(C(=O)O)cc5)[nH]c4[nH]c3=O)c(=O)[nH]c2nn1-c1ccc(C(=O)O)cc1. The number of allylic oxidation sites excluding steroid dienone is 1. The number of aromatic amines is 3. The maximum Gasteiger partial charge on any atom is 0.335 e. The predicted octanol–water partition coefficient (Wildman–Crippen LogP) is 1.95. The van der Waals surface area contributed by atoms with Crippen LogP contribution in [0.4, 0.5) is 0 Å². The molecule has 6 aromatic rings. The van der Waals surface area contributed by atoms with Gasteiger partial charge in [-0.25, -0.2) is 19.0 Å². The molecule has 0 aliphatic heterocycles. The Morgan fingerprint density at radius 3 is 2.02 bits per heavy atom. The summed E-state index contributed by atoms with van der Waals surface area (Å²) in [4.78, 5) is 67.1. The number of hydrogen-bond acceptors (Lipinski definition) is 6. The first kappa shape index (κ1) is 28.6. The summed E-state index contributed by atoms with van der Waals surface area (Å²) in [5.74, 6) is -2.15. The predicted molar refractivity (Wildman–Crippen MR) is 168 cm³/mol. The lowest BCUT2D eigenvalue weighted by Gasteiger charge is -2.02. The normalized spacial score (nSPS) is 12.1. The molecule has 0 aliphatic rings. The second-order valence-corrected chi connectivity index (χ2v) is 10.3. The van der Waals surface area contributed by atoms with Crippen LogP contribution in [0.1, 0.15) is 37.4 Å². The van der Waals surface area contributed by atoms with Gasteiger partial charge < -0.3 is 20.2 Å². The monoisotopic (exact) mass is 604 g/mol. The van der Waals surface area contributed by atoms with Gasteiger partial charge >= 0.3 is 11.9 Å². The van der Waals surface area contributed by atoms with Crippen LogP contribution in [0, 0.1) is 13.8 Å². The van der Waals surface area contributed by atoms with E-state index in [-0.39, 0.29) is 27.7 Å². The minimum atomic E-state index is -1.09. The minimum absolute atomic E-state index is 0.0666. The summed E-state index contributed by atoms with van der Waals surface area (Å²) in [6, 6.07) is 11.8. The molecule has 0 radical (unpaired) electrons. The molecule has 4 aromatic heterocycles. The van der Waals surface area contributed by atoms with Crippen molar-refractivity contribution in [2.75, 3.05) is 0 Å². The molecule has 0 fully saturated rings. The average molecular weight is 605 g/mol. The summed E-state index contributed by atoms with van der Waals surface area (Å²) >= 11 is 0. The van der Waals surface area contributed by atoms with Gasteiger partial charge in [-0.15, -0.1) is 5.10 Å². The van der Waals surface area contributed by atoms with Crippen LogP contribution in [-0.2, 0) is 0 Å². The van der Waals surface area contributed by atoms with Gasteiger partial charge in [0.25, 0.3) is 16.7 Å². The number of nitrogens with one attached hydrogen (secondary N) is 3. The van der Waals surface area contributed by atoms with E-state index in [1.54, 1.807) is 38.1 Å². The number of benzene rings is 2. The number of H-pyrrole nitrogens is 3. The third-order valence-electron chi connectivity index (χ3n) is 7.65. The lowest BCUT2D eigenvalue weighted by atomic mass is 10.1. The molecule has 0 atom stereocenters. The number of hydrogen-bond donors (Lipinski definition) is 5. The molecule has 0 bridgehead atoms. The third-order valence-corrected chi connectivity index (χ3v) is 7.65. The van der Waals surface area contributed by atoms with Crippen molar-refractivity contribution < 1.29 is 19.8 Å². The molecular formula is C32H24N6O7. The summed E-state index contributed by atoms with van der Waals surface area (Å²) in [6.45, 7) is 7.51. The fourth-order valence-corrected chi connectivity index (χ4v) is 5.31. The molecule has 13 nitrogen and oxygen atoms in total. The Morgan fingerprint density at radius 1 is 0.822 bits per heavy atom. The first-order chi connectivity index (χ1) is 21.5. The lowest BCUT2D eigenvalue weighted by molar-refractivity contribution is 0.0686. The van der Waals surface area contributed by atoms with Crippen molar-refractivity contribution in [1.82, 2.24) is 29.5 Å². The van der Waals surface area contributed by atoms with Crippen LogP contribution >= 0.6 is 0 Å². The van der Waals surface area contributed by atoms with Crippen LogP contribution in [0.25, 0.3) is 52.2 Å². The van der Waals surface area contributed by atoms with Gasteiger partial charge in [0, 0.05) is 16.2 Å². The van der Waals surface area contributed by atoms with Crippen molar-refractivity contribution in [2.24, 2.45) is 0 Å². The van der Waals surface area contributed by atoms with Gasteiger partial charge in [0.2, 0.25) is 0 Å². The highest BCUT2D eigenvalue weighted by Crippen LogP contribution is 2.17. The van der Waals surface area contributed by atoms with Crippen LogP contribution in [-0.4, -0.2) is 51.7 Å². The summed E-state index contributed by atoms with van der Waals surface area (Å²) < 4.78 is 2.73. The van der Waals surface area contributed by atoms with Gasteiger partial charge in [-0.05, 0) is 85.7 Å². The summed E-state index contributed by atoms with van der Waals surface area (Å²) in [5.41, 5.74) is 1.58. The summed E-state index contributed by atoms with van der Waals surface area (Å²) in [5, 5.41) is 27.3. The number of carbonyl (C=O) groups is 2. The van der Waals surface area contributed by atoms with E-state index >= 15 is 0 Å². The van der Waals surface area contributed by atoms with Crippen LogP contribution in [0.2, 0.25) is 0 Å². The fraction of sp³-hybridized carbons (Fsp3) is 0.0625. The Morgan fingerprint density at radius 2 is 1.42 bits per heavy atom. The quantitative estimate of drug-likeness (QED) is 0.190. The van der Waals surface area contributed by atoms with E-state index in [2.05, 4.69) is 26.7 Å². The lowest BCUT2D eigenvalue weighted by Crippen LogP contribution is -2.30. The molecule has 0 saturated heterocycles. The van der Waals surface area contributed by atoms with Gasteiger partial charge in [-0.1, -0.05) is 12.7 Å². The van der Waals surface area contributed by atoms with Gasteiger partial charge in [-0.2, -0.15) is 0 Å².